The molecule has 7 heteroatoms. The standard InChI is InChI=1S/C15H9ClN2O2S2/c16-11-5-1-9(2-6-11)13-17-18(15(21)22-13)14(20)10-3-7-12(19)8-4-10/h1-8,19H. The fraction of sp³-hybridized carbons (Fsp3) is 0. The fourth-order valence-electron chi connectivity index (χ4n) is 1.84. The molecule has 0 aliphatic heterocycles. The van der Waals surface area contributed by atoms with Crippen LogP contribution in [0.3, 0.4) is 0 Å². The molecule has 1 heterocycles. The molecule has 0 aliphatic rings. The van der Waals surface area contributed by atoms with Crippen molar-refractivity contribution in [1.29, 1.82) is 0 Å². The molecule has 2 aromatic carbocycles. The Balaban J connectivity index is 1.98. The van der Waals surface area contributed by atoms with Gasteiger partial charge < -0.3 is 5.11 Å². The third-order valence-electron chi connectivity index (χ3n) is 2.95. The highest BCUT2D eigenvalue weighted by Gasteiger charge is 2.14. The lowest BCUT2D eigenvalue weighted by molar-refractivity contribution is 0.0944. The summed E-state index contributed by atoms with van der Waals surface area (Å²) in [4.78, 5) is 12.4. The van der Waals surface area contributed by atoms with E-state index in [1.165, 1.54) is 40.3 Å². The van der Waals surface area contributed by atoms with Crippen LogP contribution in [0.2, 0.25) is 5.02 Å². The zero-order chi connectivity index (χ0) is 15.7. The molecule has 1 aromatic heterocycles. The van der Waals surface area contributed by atoms with Gasteiger partial charge in [0.15, 0.2) is 3.95 Å². The van der Waals surface area contributed by atoms with Crippen molar-refractivity contribution in [2.24, 2.45) is 0 Å². The summed E-state index contributed by atoms with van der Waals surface area (Å²) in [6, 6.07) is 13.1. The first-order chi connectivity index (χ1) is 10.5. The van der Waals surface area contributed by atoms with E-state index in [2.05, 4.69) is 5.10 Å². The summed E-state index contributed by atoms with van der Waals surface area (Å²) < 4.78 is 1.55. The molecule has 0 amide bonds. The van der Waals surface area contributed by atoms with Crippen LogP contribution in [0.4, 0.5) is 0 Å². The molecule has 0 saturated carbocycles. The normalized spacial score (nSPS) is 10.6. The van der Waals surface area contributed by atoms with Crippen LogP contribution in [0.1, 0.15) is 10.4 Å². The van der Waals surface area contributed by atoms with E-state index in [1.54, 1.807) is 12.1 Å². The van der Waals surface area contributed by atoms with Crippen molar-refractivity contribution in [3.8, 4) is 16.3 Å². The molecule has 0 spiro atoms. The minimum Gasteiger partial charge on any atom is -0.508 e. The topological polar surface area (TPSA) is 55.1 Å². The van der Waals surface area contributed by atoms with Crippen LogP contribution in [-0.2, 0) is 0 Å². The van der Waals surface area contributed by atoms with Gasteiger partial charge in [-0.15, -0.1) is 0 Å². The molecule has 22 heavy (non-hydrogen) atoms. The number of phenols is 1. The van der Waals surface area contributed by atoms with Crippen LogP contribution in [-0.4, -0.2) is 20.8 Å². The van der Waals surface area contributed by atoms with Gasteiger partial charge in [0.2, 0.25) is 0 Å². The second-order valence-electron chi connectivity index (χ2n) is 4.44. The van der Waals surface area contributed by atoms with Crippen LogP contribution in [0.25, 0.3) is 10.6 Å². The van der Waals surface area contributed by atoms with Gasteiger partial charge in [-0.2, -0.15) is 9.78 Å². The Kier molecular flexibility index (Phi) is 4.06. The summed E-state index contributed by atoms with van der Waals surface area (Å²) in [6.45, 7) is 0. The summed E-state index contributed by atoms with van der Waals surface area (Å²) in [7, 11) is 0. The van der Waals surface area contributed by atoms with Gasteiger partial charge >= 0.3 is 0 Å². The molecule has 0 radical (unpaired) electrons. The molecule has 0 unspecified atom stereocenters. The molecular weight excluding hydrogens is 340 g/mol. The Morgan fingerprint density at radius 3 is 2.41 bits per heavy atom. The molecule has 0 atom stereocenters. The largest absolute Gasteiger partial charge is 0.508 e. The molecule has 0 fully saturated rings. The van der Waals surface area contributed by atoms with E-state index in [-0.39, 0.29) is 11.7 Å². The molecule has 1 N–H and O–H groups in total. The smallest absolute Gasteiger partial charge is 0.280 e. The quantitative estimate of drug-likeness (QED) is 0.698. The van der Waals surface area contributed by atoms with E-state index in [0.717, 1.165) is 5.56 Å². The van der Waals surface area contributed by atoms with Crippen LogP contribution in [0.5, 0.6) is 5.75 Å². The van der Waals surface area contributed by atoms with E-state index in [9.17, 15) is 9.90 Å². The van der Waals surface area contributed by atoms with E-state index in [4.69, 9.17) is 23.8 Å². The van der Waals surface area contributed by atoms with Crippen LogP contribution in [0.15, 0.2) is 48.5 Å². The maximum absolute atomic E-state index is 12.4. The van der Waals surface area contributed by atoms with E-state index in [0.29, 0.717) is 19.5 Å². The Hall–Kier alpha value is -2.02. The van der Waals surface area contributed by atoms with Crippen molar-refractivity contribution in [2.75, 3.05) is 0 Å². The third-order valence-corrected chi connectivity index (χ3v) is 4.48. The average molecular weight is 349 g/mol. The van der Waals surface area contributed by atoms with Gasteiger partial charge in [0, 0.05) is 16.1 Å². The first kappa shape index (κ1) is 14.9. The minimum atomic E-state index is -0.332. The second-order valence-corrected chi connectivity index (χ2v) is 6.50. The number of rotatable bonds is 2. The number of carbonyl (C=O) groups is 1. The lowest BCUT2D eigenvalue weighted by Gasteiger charge is -2.00. The SMILES string of the molecule is O=C(c1ccc(O)cc1)n1nc(-c2ccc(Cl)cc2)sc1=S. The van der Waals surface area contributed by atoms with Crippen molar-refractivity contribution in [3.63, 3.8) is 0 Å². The highest BCUT2D eigenvalue weighted by molar-refractivity contribution is 7.73. The maximum atomic E-state index is 12.4. The molecule has 3 aromatic rings. The summed E-state index contributed by atoms with van der Waals surface area (Å²) >= 11 is 12.3. The van der Waals surface area contributed by atoms with Gasteiger partial charge in [0.05, 0.1) is 0 Å². The number of phenolic OH excluding ortho intramolecular Hbond substituents is 1. The number of hydrogen-bond donors (Lipinski definition) is 1. The predicted octanol–water partition coefficient (Wildman–Crippen LogP) is 4.39. The van der Waals surface area contributed by atoms with Gasteiger partial charge in [-0.1, -0.05) is 35.1 Å². The van der Waals surface area contributed by atoms with Crippen molar-refractivity contribution >= 4 is 41.1 Å². The number of nitrogens with zero attached hydrogens (tertiary/aromatic N) is 2. The summed E-state index contributed by atoms with van der Waals surface area (Å²) in [5.74, 6) is -0.234. The fourth-order valence-corrected chi connectivity index (χ4v) is 3.08. The van der Waals surface area contributed by atoms with Crippen molar-refractivity contribution in [1.82, 2.24) is 9.78 Å². The first-order valence-corrected chi connectivity index (χ1v) is 7.85. The highest BCUT2D eigenvalue weighted by Crippen LogP contribution is 2.25. The van der Waals surface area contributed by atoms with Crippen LogP contribution >= 0.6 is 35.2 Å². The number of benzene rings is 2. The number of carbonyl (C=O) groups excluding carboxylic acids is 1. The summed E-state index contributed by atoms with van der Waals surface area (Å²) in [5.41, 5.74) is 1.25. The lowest BCUT2D eigenvalue weighted by atomic mass is 10.2. The minimum absolute atomic E-state index is 0.0975. The van der Waals surface area contributed by atoms with Gasteiger partial charge in [-0.25, -0.2) is 0 Å². The molecular formula is C15H9ClN2O2S2. The van der Waals surface area contributed by atoms with Crippen LogP contribution < -0.4 is 0 Å². The molecule has 3 rings (SSSR count). The number of aromatic nitrogens is 2. The zero-order valence-corrected chi connectivity index (χ0v) is 13.5. The first-order valence-electron chi connectivity index (χ1n) is 6.24. The Labute approximate surface area is 140 Å². The van der Waals surface area contributed by atoms with Gasteiger partial charge in [-0.3, -0.25) is 4.79 Å². The van der Waals surface area contributed by atoms with E-state index in [1.807, 2.05) is 12.1 Å². The van der Waals surface area contributed by atoms with Gasteiger partial charge in [0.25, 0.3) is 5.91 Å². The van der Waals surface area contributed by atoms with E-state index >= 15 is 0 Å². The lowest BCUT2D eigenvalue weighted by Crippen LogP contribution is -2.13. The predicted molar refractivity (Wildman–Crippen MR) is 89.2 cm³/mol. The highest BCUT2D eigenvalue weighted by atomic mass is 35.5. The molecule has 110 valence electrons. The van der Waals surface area contributed by atoms with Crippen molar-refractivity contribution < 1.29 is 9.90 Å². The maximum Gasteiger partial charge on any atom is 0.280 e. The third kappa shape index (κ3) is 2.94. The van der Waals surface area contributed by atoms with Crippen LogP contribution in [0, 0.1) is 3.95 Å². The summed E-state index contributed by atoms with van der Waals surface area (Å²) in [5, 5.41) is 14.8. The zero-order valence-electron chi connectivity index (χ0n) is 11.1. The number of aromatic hydroxyl groups is 1. The van der Waals surface area contributed by atoms with E-state index < -0.39 is 0 Å². The molecule has 0 saturated heterocycles. The monoisotopic (exact) mass is 348 g/mol. The van der Waals surface area contributed by atoms with Crippen molar-refractivity contribution in [2.45, 2.75) is 0 Å². The Morgan fingerprint density at radius 2 is 1.77 bits per heavy atom. The molecule has 4 nitrogen and oxygen atoms in total. The van der Waals surface area contributed by atoms with Gasteiger partial charge in [-0.05, 0) is 48.6 Å². The number of halogens is 1. The number of hydrogen-bond acceptors (Lipinski definition) is 5. The Morgan fingerprint density at radius 1 is 1.14 bits per heavy atom. The van der Waals surface area contributed by atoms with Crippen molar-refractivity contribution in [3.05, 3.63) is 63.1 Å². The molecule has 0 aliphatic carbocycles. The average Bonchev–Trinajstić information content (AvgIpc) is 2.90. The second kappa shape index (κ2) is 6.00. The Bertz CT molecular complexity index is 883. The summed E-state index contributed by atoms with van der Waals surface area (Å²) in [6.07, 6.45) is 0. The molecule has 0 bridgehead atoms. The van der Waals surface area contributed by atoms with Gasteiger partial charge in [0.1, 0.15) is 10.8 Å².